The van der Waals surface area contributed by atoms with Crippen LogP contribution in [0.5, 0.6) is 0 Å². The zero-order chi connectivity index (χ0) is 19.6. The van der Waals surface area contributed by atoms with Crippen molar-refractivity contribution in [2.24, 2.45) is 0 Å². The molecule has 0 saturated heterocycles. The molecule has 0 radical (unpaired) electrons. The van der Waals surface area contributed by atoms with Crippen LogP contribution >= 0.6 is 15.9 Å². The maximum absolute atomic E-state index is 3.75. The molecule has 3 aromatic rings. The molecule has 1 aliphatic rings. The van der Waals surface area contributed by atoms with Gasteiger partial charge < -0.3 is 0 Å². The van der Waals surface area contributed by atoms with Crippen LogP contribution in [0, 0.1) is 0 Å². The van der Waals surface area contributed by atoms with E-state index in [0.717, 1.165) is 0 Å². The van der Waals surface area contributed by atoms with Crippen molar-refractivity contribution in [2.75, 3.05) is 0 Å². The van der Waals surface area contributed by atoms with E-state index in [9.17, 15) is 0 Å². The van der Waals surface area contributed by atoms with Crippen LogP contribution in [-0.2, 0) is 5.41 Å². The predicted molar refractivity (Wildman–Crippen MR) is 125 cm³/mol. The van der Waals surface area contributed by atoms with Crippen molar-refractivity contribution < 1.29 is 0 Å². The highest BCUT2D eigenvalue weighted by Gasteiger charge is 2.42. The highest BCUT2D eigenvalue weighted by molar-refractivity contribution is 9.10. The Kier molecular flexibility index (Phi) is 5.73. The summed E-state index contributed by atoms with van der Waals surface area (Å²) in [6.45, 7) is 4.62. The lowest BCUT2D eigenvalue weighted by Gasteiger charge is -2.33. The van der Waals surface area contributed by atoms with Crippen molar-refractivity contribution in [3.05, 3.63) is 82.3 Å². The summed E-state index contributed by atoms with van der Waals surface area (Å²) in [6.07, 6.45) is 7.49. The SMILES string of the molecule is CCCCC1(CCCC)c2cc(Br)ccc2-c2ccc(-c3ccccc3)cc21. The number of fused-ring (bicyclic) bond motifs is 3. The Morgan fingerprint density at radius 3 is 1.93 bits per heavy atom. The third-order valence-electron chi connectivity index (χ3n) is 6.34. The van der Waals surface area contributed by atoms with Gasteiger partial charge in [-0.15, -0.1) is 0 Å². The van der Waals surface area contributed by atoms with Crippen molar-refractivity contribution >= 4 is 15.9 Å². The normalized spacial score (nSPS) is 14.0. The van der Waals surface area contributed by atoms with E-state index < -0.39 is 0 Å². The second-order valence-electron chi connectivity index (χ2n) is 8.11. The van der Waals surface area contributed by atoms with Crippen molar-refractivity contribution in [3.63, 3.8) is 0 Å². The average molecular weight is 433 g/mol. The number of rotatable bonds is 7. The van der Waals surface area contributed by atoms with E-state index in [1.807, 2.05) is 0 Å². The predicted octanol–water partition coefficient (Wildman–Crippen LogP) is 8.76. The third kappa shape index (κ3) is 3.35. The van der Waals surface area contributed by atoms with Crippen molar-refractivity contribution in [3.8, 4) is 22.3 Å². The molecule has 0 saturated carbocycles. The second kappa shape index (κ2) is 8.25. The van der Waals surface area contributed by atoms with Gasteiger partial charge in [-0.25, -0.2) is 0 Å². The van der Waals surface area contributed by atoms with Gasteiger partial charge in [-0.05, 0) is 64.4 Å². The van der Waals surface area contributed by atoms with E-state index in [1.165, 1.54) is 70.8 Å². The number of hydrogen-bond donors (Lipinski definition) is 0. The summed E-state index contributed by atoms with van der Waals surface area (Å²) < 4.78 is 1.19. The molecule has 0 aromatic heterocycles. The molecule has 0 amide bonds. The summed E-state index contributed by atoms with van der Waals surface area (Å²) in [5.74, 6) is 0. The molecule has 1 aliphatic carbocycles. The zero-order valence-electron chi connectivity index (χ0n) is 17.0. The summed E-state index contributed by atoms with van der Waals surface area (Å²) in [5.41, 5.74) is 8.74. The Morgan fingerprint density at radius 2 is 1.29 bits per heavy atom. The van der Waals surface area contributed by atoms with Gasteiger partial charge in [-0.3, -0.25) is 0 Å². The Balaban J connectivity index is 1.93. The molecule has 28 heavy (non-hydrogen) atoms. The summed E-state index contributed by atoms with van der Waals surface area (Å²) in [5, 5.41) is 0. The molecular formula is C27H29Br. The van der Waals surface area contributed by atoms with Gasteiger partial charge in [0.15, 0.2) is 0 Å². The number of hydrogen-bond acceptors (Lipinski definition) is 0. The van der Waals surface area contributed by atoms with Gasteiger partial charge >= 0.3 is 0 Å². The zero-order valence-corrected chi connectivity index (χ0v) is 18.6. The maximum atomic E-state index is 3.75. The van der Waals surface area contributed by atoms with Crippen LogP contribution in [0.2, 0.25) is 0 Å². The molecule has 0 heterocycles. The van der Waals surface area contributed by atoms with Gasteiger partial charge in [0.25, 0.3) is 0 Å². The van der Waals surface area contributed by atoms with E-state index in [2.05, 4.69) is 96.5 Å². The fourth-order valence-corrected chi connectivity index (χ4v) is 5.26. The van der Waals surface area contributed by atoms with Crippen molar-refractivity contribution in [2.45, 2.75) is 57.8 Å². The van der Waals surface area contributed by atoms with Gasteiger partial charge in [-0.2, -0.15) is 0 Å². The first-order valence-corrected chi connectivity index (χ1v) is 11.5. The molecule has 0 atom stereocenters. The largest absolute Gasteiger partial charge is 0.0654 e. The Hall–Kier alpha value is -1.86. The minimum atomic E-state index is 0.144. The molecule has 0 aliphatic heterocycles. The molecule has 3 aromatic carbocycles. The third-order valence-corrected chi connectivity index (χ3v) is 6.84. The van der Waals surface area contributed by atoms with E-state index in [0.29, 0.717) is 0 Å². The first-order chi connectivity index (χ1) is 13.7. The molecule has 0 nitrogen and oxygen atoms in total. The molecule has 0 N–H and O–H groups in total. The van der Waals surface area contributed by atoms with Gasteiger partial charge in [0.1, 0.15) is 0 Å². The lowest BCUT2D eigenvalue weighted by atomic mass is 9.70. The van der Waals surface area contributed by atoms with Crippen LogP contribution in [0.4, 0.5) is 0 Å². The molecule has 0 bridgehead atoms. The van der Waals surface area contributed by atoms with Crippen LogP contribution in [-0.4, -0.2) is 0 Å². The number of unbranched alkanes of at least 4 members (excludes halogenated alkanes) is 2. The standard InChI is InChI=1S/C27H29Br/c1-3-5-16-27(17-6-4-2)25-18-21(20-10-8-7-9-11-20)12-14-23(25)24-15-13-22(28)19-26(24)27/h7-15,18-19H,3-6,16-17H2,1-2H3. The minimum absolute atomic E-state index is 0.144. The first kappa shape index (κ1) is 19.5. The smallest absolute Gasteiger partial charge is 0.0215 e. The van der Waals surface area contributed by atoms with Crippen LogP contribution < -0.4 is 0 Å². The van der Waals surface area contributed by atoms with Gasteiger partial charge in [0, 0.05) is 9.89 Å². The topological polar surface area (TPSA) is 0 Å². The Morgan fingerprint density at radius 1 is 0.679 bits per heavy atom. The van der Waals surface area contributed by atoms with Gasteiger partial charge in [0.05, 0.1) is 0 Å². The molecule has 0 fully saturated rings. The summed E-state index contributed by atoms with van der Waals surface area (Å²) in [7, 11) is 0. The molecule has 0 spiro atoms. The fourth-order valence-electron chi connectivity index (χ4n) is 4.90. The van der Waals surface area contributed by atoms with Crippen LogP contribution in [0.3, 0.4) is 0 Å². The van der Waals surface area contributed by atoms with E-state index in [1.54, 1.807) is 5.56 Å². The second-order valence-corrected chi connectivity index (χ2v) is 9.02. The van der Waals surface area contributed by atoms with E-state index in [-0.39, 0.29) is 5.41 Å². The molecular weight excluding hydrogens is 404 g/mol. The van der Waals surface area contributed by atoms with E-state index >= 15 is 0 Å². The molecule has 4 rings (SSSR count). The van der Waals surface area contributed by atoms with Crippen molar-refractivity contribution in [1.29, 1.82) is 0 Å². The van der Waals surface area contributed by atoms with Gasteiger partial charge in [0.2, 0.25) is 0 Å². The minimum Gasteiger partial charge on any atom is -0.0654 e. The van der Waals surface area contributed by atoms with Crippen LogP contribution in [0.25, 0.3) is 22.3 Å². The molecule has 0 unspecified atom stereocenters. The Labute approximate surface area is 178 Å². The highest BCUT2D eigenvalue weighted by Crippen LogP contribution is 2.55. The lowest BCUT2D eigenvalue weighted by Crippen LogP contribution is -2.25. The highest BCUT2D eigenvalue weighted by atomic mass is 79.9. The molecule has 1 heteroatoms. The number of halogens is 1. The monoisotopic (exact) mass is 432 g/mol. The number of benzene rings is 3. The average Bonchev–Trinajstić information content (AvgIpc) is 3.00. The maximum Gasteiger partial charge on any atom is 0.0215 e. The van der Waals surface area contributed by atoms with Crippen LogP contribution in [0.1, 0.15) is 63.5 Å². The quantitative estimate of drug-likeness (QED) is 0.349. The lowest BCUT2D eigenvalue weighted by molar-refractivity contribution is 0.414. The van der Waals surface area contributed by atoms with Crippen molar-refractivity contribution in [1.82, 2.24) is 0 Å². The first-order valence-electron chi connectivity index (χ1n) is 10.7. The van der Waals surface area contributed by atoms with Gasteiger partial charge in [-0.1, -0.05) is 104 Å². The van der Waals surface area contributed by atoms with Crippen LogP contribution in [0.15, 0.2) is 71.2 Å². The van der Waals surface area contributed by atoms with E-state index in [4.69, 9.17) is 0 Å². The summed E-state index contributed by atoms with van der Waals surface area (Å²) in [4.78, 5) is 0. The Bertz CT molecular complexity index is 947. The summed E-state index contributed by atoms with van der Waals surface area (Å²) in [6, 6.07) is 24.9. The summed E-state index contributed by atoms with van der Waals surface area (Å²) >= 11 is 3.75. The molecule has 144 valence electrons. The fraction of sp³-hybridized carbons (Fsp3) is 0.333.